The molecule has 10 rings (SSSR count). The Hall–Kier alpha value is -6.19. The molecule has 0 saturated carbocycles. The zero-order valence-corrected chi connectivity index (χ0v) is 45.7. The lowest BCUT2D eigenvalue weighted by molar-refractivity contribution is -0.384. The molecule has 0 radical (unpaired) electrons. The van der Waals surface area contributed by atoms with Crippen LogP contribution in [0.2, 0.25) is 30.7 Å². The molecule has 7 aromatic rings. The average molecular weight is 1070 g/mol. The van der Waals surface area contributed by atoms with E-state index in [1.54, 1.807) is 18.5 Å². The molecule has 20 heteroatoms. The highest BCUT2D eigenvalue weighted by Crippen LogP contribution is 2.44. The van der Waals surface area contributed by atoms with Gasteiger partial charge < -0.3 is 33.6 Å². The molecule has 2 N–H and O–H groups in total. The molecule has 3 aliphatic rings. The molecule has 2 aliphatic heterocycles. The van der Waals surface area contributed by atoms with Gasteiger partial charge in [-0.15, -0.1) is 0 Å². The van der Waals surface area contributed by atoms with Crippen molar-refractivity contribution >= 4 is 91.2 Å². The predicted octanol–water partition coefficient (Wildman–Crippen LogP) is 10.1. The first-order valence-electron chi connectivity index (χ1n) is 25.6. The summed E-state index contributed by atoms with van der Waals surface area (Å²) in [6, 6.07) is 24.1. The van der Waals surface area contributed by atoms with Gasteiger partial charge in [-0.3, -0.25) is 24.8 Å². The zero-order valence-electron chi connectivity index (χ0n) is 43.1. The molecule has 0 bridgehead atoms. The summed E-state index contributed by atoms with van der Waals surface area (Å²) in [5.74, 6) is -0.916. The number of piperazine rings is 1. The molecule has 3 aromatic carbocycles. The lowest BCUT2D eigenvalue weighted by Crippen LogP contribution is -2.47. The van der Waals surface area contributed by atoms with E-state index in [0.717, 1.165) is 78.1 Å². The Bertz CT molecular complexity index is 3430. The van der Waals surface area contributed by atoms with Gasteiger partial charge >= 0.3 is 0 Å². The van der Waals surface area contributed by atoms with Crippen LogP contribution >= 0.6 is 11.6 Å². The number of halogens is 1. The summed E-state index contributed by atoms with van der Waals surface area (Å²) in [6.07, 6.45) is 8.21. The lowest BCUT2D eigenvalue weighted by atomic mass is 9.72. The van der Waals surface area contributed by atoms with E-state index < -0.39 is 39.5 Å². The molecule has 0 unspecified atom stereocenters. The fraction of sp³-hybridized carbons (Fsp3) is 0.400. The number of nitrogens with zero attached hydrogens (tertiary/aromatic N) is 7. The average Bonchev–Trinajstić information content (AvgIpc) is 3.94. The Morgan fingerprint density at radius 1 is 0.987 bits per heavy atom. The van der Waals surface area contributed by atoms with Gasteiger partial charge in [-0.05, 0) is 103 Å². The molecule has 2 fully saturated rings. The third kappa shape index (κ3) is 11.6. The number of fused-ring (bicyclic) bond motifs is 4. The molecule has 17 nitrogen and oxygen atoms in total. The molecule has 6 heterocycles. The summed E-state index contributed by atoms with van der Waals surface area (Å²) in [4.78, 5) is 40.5. The molecule has 1 amide bonds. The summed E-state index contributed by atoms with van der Waals surface area (Å²) >= 11 is 6.31. The fourth-order valence-electron chi connectivity index (χ4n) is 10.4. The van der Waals surface area contributed by atoms with Crippen molar-refractivity contribution in [2.24, 2.45) is 5.41 Å². The number of sulfonamides is 1. The van der Waals surface area contributed by atoms with Crippen molar-refractivity contribution < 1.29 is 32.3 Å². The number of allylic oxidation sites excluding steroid dienone is 1. The maximum atomic E-state index is 14.7. The number of amides is 1. The molecular formula is C55H64ClN9O8SSi. The first-order valence-corrected chi connectivity index (χ1v) is 31.2. The lowest BCUT2D eigenvalue weighted by Gasteiger charge is -2.39. The summed E-state index contributed by atoms with van der Waals surface area (Å²) in [5, 5.41) is 17.6. The van der Waals surface area contributed by atoms with Crippen LogP contribution in [0.5, 0.6) is 0 Å². The zero-order chi connectivity index (χ0) is 52.6. The monoisotopic (exact) mass is 1070 g/mol. The predicted molar refractivity (Wildman–Crippen MR) is 297 cm³/mol. The van der Waals surface area contributed by atoms with Gasteiger partial charge in [0.05, 0.1) is 58.0 Å². The Balaban J connectivity index is 0.986. The van der Waals surface area contributed by atoms with Crippen LogP contribution in [0.15, 0.2) is 108 Å². The van der Waals surface area contributed by atoms with Gasteiger partial charge in [-0.1, -0.05) is 62.8 Å². The second kappa shape index (κ2) is 21.4. The van der Waals surface area contributed by atoms with Crippen molar-refractivity contribution in [2.75, 3.05) is 75.9 Å². The van der Waals surface area contributed by atoms with E-state index in [-0.39, 0.29) is 29.3 Å². The second-order valence-corrected chi connectivity index (χ2v) is 29.6. The maximum Gasteiger partial charge on any atom is 0.293 e. The van der Waals surface area contributed by atoms with Gasteiger partial charge in [0.1, 0.15) is 23.6 Å². The van der Waals surface area contributed by atoms with E-state index in [4.69, 9.17) is 30.8 Å². The van der Waals surface area contributed by atoms with Crippen LogP contribution in [0.1, 0.15) is 49.0 Å². The number of benzene rings is 3. The highest BCUT2D eigenvalue weighted by Gasteiger charge is 2.31. The minimum Gasteiger partial charge on any atom is -0.377 e. The molecule has 1 aliphatic carbocycles. The number of anilines is 2. The third-order valence-corrected chi connectivity index (χ3v) is 17.9. The van der Waals surface area contributed by atoms with Gasteiger partial charge in [-0.2, -0.15) is 0 Å². The standard InChI is InChI=1S/C55H64ClN9O8SSi/c1-55(2)17-14-39(45(31-55)37-6-8-40(56)9-7-37)34-61-20-22-62(23-21-61)41-10-12-44(54(66)60-74(69,70)43-11-13-47(50(30-43)65(67)68)58-32-42-35-71-24-25-73-42)49(29-41)64-48-15-18-57-33-46(48)52-51(64)28-38-16-19-63(53(38)59-52)36-72-26-27-75(3,4)5/h6-13,15-16,18-19,28-30,33,42,58H,14,17,20-27,31-32,34-36H2,1-5H3,(H,60,66)/t42-/m0/s1. The number of carbonyl (C=O) groups excluding carboxylic acids is 1. The Kier molecular flexibility index (Phi) is 14.9. The number of aromatic nitrogens is 4. The SMILES string of the molecule is CC1(C)CCC(CN2CCN(c3ccc(C(=O)NS(=O)(=O)c4ccc(NC[C@H]5COCCO5)c([N+](=O)[O-])c4)c(-n4c5ccncc5c5nc6c(ccn6COCC[Si](C)(C)C)cc54)c3)CC2)=C(c2ccc(Cl)cc2)C1. The van der Waals surface area contributed by atoms with E-state index in [2.05, 4.69) is 70.4 Å². The van der Waals surface area contributed by atoms with Crippen molar-refractivity contribution in [3.05, 3.63) is 129 Å². The highest BCUT2D eigenvalue weighted by molar-refractivity contribution is 7.90. The van der Waals surface area contributed by atoms with Gasteiger partial charge in [0.15, 0.2) is 0 Å². The van der Waals surface area contributed by atoms with Crippen LogP contribution < -0.4 is 14.9 Å². The molecule has 75 heavy (non-hydrogen) atoms. The number of nitro benzene ring substituents is 1. The number of hydrogen-bond donors (Lipinski definition) is 2. The van der Waals surface area contributed by atoms with Gasteiger partial charge in [0.2, 0.25) is 0 Å². The van der Waals surface area contributed by atoms with Crippen LogP contribution in [-0.4, -0.2) is 123 Å². The normalized spacial score (nSPS) is 17.8. The fourth-order valence-corrected chi connectivity index (χ4v) is 12.2. The first-order chi connectivity index (χ1) is 35.9. The molecule has 2 saturated heterocycles. The second-order valence-electron chi connectivity index (χ2n) is 21.8. The van der Waals surface area contributed by atoms with Gasteiger partial charge in [-0.25, -0.2) is 18.1 Å². The van der Waals surface area contributed by atoms with Crippen molar-refractivity contribution in [2.45, 2.75) is 76.5 Å². The summed E-state index contributed by atoms with van der Waals surface area (Å²) in [6.45, 7) is 17.9. The van der Waals surface area contributed by atoms with Crippen LogP contribution in [0, 0.1) is 15.5 Å². The smallest absolute Gasteiger partial charge is 0.293 e. The highest BCUT2D eigenvalue weighted by atomic mass is 35.5. The van der Waals surface area contributed by atoms with E-state index >= 15 is 0 Å². The van der Waals surface area contributed by atoms with Gasteiger partial charge in [0, 0.05) is 100 Å². The largest absolute Gasteiger partial charge is 0.377 e. The van der Waals surface area contributed by atoms with Crippen LogP contribution in [0.3, 0.4) is 0 Å². The van der Waals surface area contributed by atoms with E-state index in [9.17, 15) is 23.3 Å². The van der Waals surface area contributed by atoms with Crippen molar-refractivity contribution in [3.8, 4) is 5.69 Å². The van der Waals surface area contributed by atoms with Gasteiger partial charge in [0.25, 0.3) is 21.6 Å². The molecular weight excluding hydrogens is 1010 g/mol. The topological polar surface area (TPSA) is 188 Å². The third-order valence-electron chi connectivity index (χ3n) is 14.6. The minimum atomic E-state index is -4.66. The van der Waals surface area contributed by atoms with Crippen molar-refractivity contribution in [1.29, 1.82) is 0 Å². The quantitative estimate of drug-likeness (QED) is 0.0380. The number of carbonyl (C=O) groups is 1. The summed E-state index contributed by atoms with van der Waals surface area (Å²) in [7, 11) is -5.96. The number of hydrogen-bond acceptors (Lipinski definition) is 13. The summed E-state index contributed by atoms with van der Waals surface area (Å²) in [5.41, 5.74) is 8.04. The number of nitro groups is 1. The minimum absolute atomic E-state index is 0.0643. The maximum absolute atomic E-state index is 14.7. The summed E-state index contributed by atoms with van der Waals surface area (Å²) < 4.78 is 51.8. The number of rotatable bonds is 17. The van der Waals surface area contributed by atoms with E-state index in [0.29, 0.717) is 68.5 Å². The molecule has 394 valence electrons. The number of nitrogens with one attached hydrogen (secondary N) is 2. The van der Waals surface area contributed by atoms with Crippen molar-refractivity contribution in [1.82, 2.24) is 28.7 Å². The van der Waals surface area contributed by atoms with E-state index in [1.165, 1.54) is 28.8 Å². The molecule has 0 spiro atoms. The number of pyridine rings is 2. The number of ether oxygens (including phenoxy) is 3. The Morgan fingerprint density at radius 2 is 1.79 bits per heavy atom. The van der Waals surface area contributed by atoms with Crippen LogP contribution in [-0.2, 0) is 31.0 Å². The van der Waals surface area contributed by atoms with Crippen molar-refractivity contribution in [3.63, 3.8) is 0 Å². The molecule has 1 atom stereocenters. The molecule has 4 aromatic heterocycles. The Morgan fingerprint density at radius 3 is 2.53 bits per heavy atom. The van der Waals surface area contributed by atoms with E-state index in [1.807, 2.05) is 57.8 Å². The Labute approximate surface area is 443 Å². The first kappa shape index (κ1) is 52.3. The van der Waals surface area contributed by atoms with Crippen LogP contribution in [0.25, 0.3) is 44.2 Å². The van der Waals surface area contributed by atoms with Crippen LogP contribution in [0.4, 0.5) is 17.1 Å².